The Labute approximate surface area is 171 Å². The Morgan fingerprint density at radius 3 is 2.48 bits per heavy atom. The highest BCUT2D eigenvalue weighted by molar-refractivity contribution is 7.89. The molecule has 2 amide bonds. The normalized spacial score (nSPS) is 11.2. The number of benzene rings is 1. The van der Waals surface area contributed by atoms with E-state index in [1.54, 1.807) is 35.8 Å². The number of pyridine rings is 1. The molecule has 2 N–H and O–H groups in total. The third kappa shape index (κ3) is 5.22. The number of rotatable bonds is 7. The van der Waals surface area contributed by atoms with Crippen LogP contribution < -0.4 is 10.6 Å². The summed E-state index contributed by atoms with van der Waals surface area (Å²) >= 11 is 1.31. The van der Waals surface area contributed by atoms with Gasteiger partial charge in [0, 0.05) is 42.3 Å². The molecule has 29 heavy (non-hydrogen) atoms. The minimum Gasteiger partial charge on any atom is -0.325 e. The van der Waals surface area contributed by atoms with Crippen molar-refractivity contribution in [3.05, 3.63) is 65.9 Å². The van der Waals surface area contributed by atoms with E-state index in [0.29, 0.717) is 16.4 Å². The molecule has 0 atom stereocenters. The van der Waals surface area contributed by atoms with Crippen molar-refractivity contribution in [2.45, 2.75) is 4.90 Å². The zero-order valence-electron chi connectivity index (χ0n) is 15.3. The second kappa shape index (κ2) is 8.90. The maximum absolute atomic E-state index is 12.4. The van der Waals surface area contributed by atoms with Crippen molar-refractivity contribution >= 4 is 44.0 Å². The molecule has 2 aromatic heterocycles. The zero-order chi connectivity index (χ0) is 20.9. The van der Waals surface area contributed by atoms with Crippen LogP contribution in [0, 0.1) is 0 Å². The Balaban J connectivity index is 1.58. The van der Waals surface area contributed by atoms with Crippen molar-refractivity contribution in [3.8, 4) is 0 Å². The van der Waals surface area contributed by atoms with E-state index in [2.05, 4.69) is 20.6 Å². The van der Waals surface area contributed by atoms with Gasteiger partial charge in [-0.15, -0.1) is 11.3 Å². The summed E-state index contributed by atoms with van der Waals surface area (Å²) < 4.78 is 25.8. The van der Waals surface area contributed by atoms with Crippen LogP contribution in [0.5, 0.6) is 0 Å². The van der Waals surface area contributed by atoms with Crippen LogP contribution in [0.3, 0.4) is 0 Å². The monoisotopic (exact) mass is 431 g/mol. The summed E-state index contributed by atoms with van der Waals surface area (Å²) in [7, 11) is -2.50. The first-order chi connectivity index (χ1) is 13.9. The Morgan fingerprint density at radius 2 is 1.86 bits per heavy atom. The summed E-state index contributed by atoms with van der Waals surface area (Å²) in [5, 5.41) is 7.51. The summed E-state index contributed by atoms with van der Waals surface area (Å²) in [5.74, 6) is -0.833. The van der Waals surface area contributed by atoms with E-state index in [1.807, 2.05) is 0 Å². The van der Waals surface area contributed by atoms with E-state index in [-0.39, 0.29) is 17.3 Å². The maximum Gasteiger partial charge on any atom is 0.257 e. The second-order valence-electron chi connectivity index (χ2n) is 5.87. The van der Waals surface area contributed by atoms with Crippen molar-refractivity contribution in [1.29, 1.82) is 0 Å². The average molecular weight is 431 g/mol. The lowest BCUT2D eigenvalue weighted by Gasteiger charge is -2.16. The van der Waals surface area contributed by atoms with Gasteiger partial charge in [0.2, 0.25) is 15.9 Å². The van der Waals surface area contributed by atoms with Gasteiger partial charge in [-0.3, -0.25) is 19.9 Å². The molecule has 11 heteroatoms. The van der Waals surface area contributed by atoms with Crippen LogP contribution in [0.15, 0.2) is 65.3 Å². The molecule has 0 aliphatic carbocycles. The summed E-state index contributed by atoms with van der Waals surface area (Å²) in [4.78, 5) is 32.1. The first-order valence-electron chi connectivity index (χ1n) is 8.33. The van der Waals surface area contributed by atoms with E-state index in [0.717, 1.165) is 4.31 Å². The molecule has 150 valence electrons. The molecule has 0 saturated carbocycles. The van der Waals surface area contributed by atoms with Gasteiger partial charge in [0.1, 0.15) is 4.90 Å². The number of amides is 2. The molecule has 3 rings (SSSR count). The number of anilines is 2. The average Bonchev–Trinajstić information content (AvgIpc) is 3.22. The third-order valence-electron chi connectivity index (χ3n) is 3.79. The van der Waals surface area contributed by atoms with Gasteiger partial charge in [0.15, 0.2) is 5.13 Å². The predicted octanol–water partition coefficient (Wildman–Crippen LogP) is 2.05. The molecular weight excluding hydrogens is 414 g/mol. The molecule has 0 aliphatic rings. The van der Waals surface area contributed by atoms with Gasteiger partial charge < -0.3 is 5.32 Å². The Kier molecular flexibility index (Phi) is 6.32. The Bertz CT molecular complexity index is 1090. The van der Waals surface area contributed by atoms with Gasteiger partial charge in [-0.25, -0.2) is 13.4 Å². The smallest absolute Gasteiger partial charge is 0.257 e. The van der Waals surface area contributed by atoms with Crippen molar-refractivity contribution in [2.75, 3.05) is 24.2 Å². The lowest BCUT2D eigenvalue weighted by atomic mass is 10.2. The van der Waals surface area contributed by atoms with Gasteiger partial charge in [0.25, 0.3) is 5.91 Å². The molecule has 0 fully saturated rings. The summed E-state index contributed by atoms with van der Waals surface area (Å²) in [6, 6.07) is 9.14. The second-order valence-corrected chi connectivity index (χ2v) is 8.81. The number of aromatic nitrogens is 2. The van der Waals surface area contributed by atoms with E-state index >= 15 is 0 Å². The lowest BCUT2D eigenvalue weighted by molar-refractivity contribution is -0.116. The predicted molar refractivity (Wildman–Crippen MR) is 109 cm³/mol. The van der Waals surface area contributed by atoms with E-state index < -0.39 is 15.9 Å². The summed E-state index contributed by atoms with van der Waals surface area (Å²) in [6.45, 7) is -0.372. The molecule has 0 saturated heterocycles. The number of hydrogen-bond acceptors (Lipinski definition) is 7. The molecule has 0 bridgehead atoms. The fourth-order valence-corrected chi connectivity index (χ4v) is 3.94. The number of likely N-dealkylation sites (N-methyl/N-ethyl adjacent to an activating group) is 1. The molecular formula is C18H17N5O4S2. The van der Waals surface area contributed by atoms with Crippen molar-refractivity contribution < 1.29 is 18.0 Å². The number of carbonyl (C=O) groups is 2. The number of nitrogens with zero attached hydrogens (tertiary/aromatic N) is 3. The SMILES string of the molecule is CN(CC(=O)Nc1ccc(C(=O)Nc2nccs2)cc1)S(=O)(=O)c1cccnc1. The number of thiazole rings is 1. The van der Waals surface area contributed by atoms with Crippen LogP contribution in [0.1, 0.15) is 10.4 Å². The van der Waals surface area contributed by atoms with Gasteiger partial charge >= 0.3 is 0 Å². The summed E-state index contributed by atoms with van der Waals surface area (Å²) in [5.41, 5.74) is 0.836. The van der Waals surface area contributed by atoms with Crippen LogP contribution in [0.25, 0.3) is 0 Å². The molecule has 0 unspecified atom stereocenters. The van der Waals surface area contributed by atoms with Crippen LogP contribution in [-0.4, -0.2) is 48.1 Å². The molecule has 2 heterocycles. The minimum absolute atomic E-state index is 0.00546. The van der Waals surface area contributed by atoms with Gasteiger partial charge in [-0.05, 0) is 36.4 Å². The Hall–Kier alpha value is -3.15. The van der Waals surface area contributed by atoms with Crippen LogP contribution >= 0.6 is 11.3 Å². The third-order valence-corrected chi connectivity index (χ3v) is 6.27. The summed E-state index contributed by atoms with van der Waals surface area (Å²) in [6.07, 6.45) is 4.27. The topological polar surface area (TPSA) is 121 Å². The number of hydrogen-bond donors (Lipinski definition) is 2. The molecule has 3 aromatic rings. The van der Waals surface area contributed by atoms with E-state index in [1.165, 1.54) is 42.9 Å². The van der Waals surface area contributed by atoms with Crippen LogP contribution in [0.2, 0.25) is 0 Å². The first-order valence-corrected chi connectivity index (χ1v) is 10.7. The van der Waals surface area contributed by atoms with Crippen LogP contribution in [0.4, 0.5) is 10.8 Å². The van der Waals surface area contributed by atoms with Gasteiger partial charge in [-0.2, -0.15) is 4.31 Å². The van der Waals surface area contributed by atoms with Gasteiger partial charge in [-0.1, -0.05) is 0 Å². The molecule has 0 spiro atoms. The Morgan fingerprint density at radius 1 is 1.10 bits per heavy atom. The maximum atomic E-state index is 12.4. The highest BCUT2D eigenvalue weighted by atomic mass is 32.2. The van der Waals surface area contributed by atoms with Crippen molar-refractivity contribution in [3.63, 3.8) is 0 Å². The highest BCUT2D eigenvalue weighted by Gasteiger charge is 2.23. The van der Waals surface area contributed by atoms with E-state index in [9.17, 15) is 18.0 Å². The lowest BCUT2D eigenvalue weighted by Crippen LogP contribution is -2.35. The standard InChI is InChI=1S/C18H17N5O4S2/c1-23(29(26,27)15-3-2-8-19-11-15)12-16(24)21-14-6-4-13(5-7-14)17(25)22-18-20-9-10-28-18/h2-11H,12H2,1H3,(H,21,24)(H,20,22,25). The highest BCUT2D eigenvalue weighted by Crippen LogP contribution is 2.15. The molecule has 9 nitrogen and oxygen atoms in total. The molecule has 1 aromatic carbocycles. The van der Waals surface area contributed by atoms with E-state index in [4.69, 9.17) is 0 Å². The largest absolute Gasteiger partial charge is 0.325 e. The van der Waals surface area contributed by atoms with Crippen molar-refractivity contribution in [1.82, 2.24) is 14.3 Å². The first kappa shape index (κ1) is 20.6. The zero-order valence-corrected chi connectivity index (χ0v) is 16.9. The minimum atomic E-state index is -3.82. The molecule has 0 radical (unpaired) electrons. The van der Waals surface area contributed by atoms with Crippen LogP contribution in [-0.2, 0) is 14.8 Å². The fourth-order valence-electron chi connectivity index (χ4n) is 2.33. The number of sulfonamides is 1. The quantitative estimate of drug-likeness (QED) is 0.591. The number of nitrogens with one attached hydrogen (secondary N) is 2. The fraction of sp³-hybridized carbons (Fsp3) is 0.111. The molecule has 0 aliphatic heterocycles. The van der Waals surface area contributed by atoms with Gasteiger partial charge in [0.05, 0.1) is 6.54 Å². The van der Waals surface area contributed by atoms with Crippen molar-refractivity contribution in [2.24, 2.45) is 0 Å². The number of carbonyl (C=O) groups excluding carboxylic acids is 2.